The highest BCUT2D eigenvalue weighted by Gasteiger charge is 2.21. The third kappa shape index (κ3) is 7.43. The Kier molecular flexibility index (Phi) is 7.42. The number of carbonyl (C=O) groups is 3. The lowest BCUT2D eigenvalue weighted by molar-refractivity contribution is -0.150. The molecule has 0 saturated carbocycles. The van der Waals surface area contributed by atoms with Gasteiger partial charge < -0.3 is 14.9 Å². The van der Waals surface area contributed by atoms with Gasteiger partial charge in [0, 0.05) is 19.4 Å². The van der Waals surface area contributed by atoms with E-state index in [0.717, 1.165) is 19.4 Å². The lowest BCUT2D eigenvalue weighted by Gasteiger charge is -2.14. The van der Waals surface area contributed by atoms with Crippen LogP contribution in [0.3, 0.4) is 0 Å². The van der Waals surface area contributed by atoms with Crippen LogP contribution in [0, 0.1) is 0 Å². The molecule has 0 amide bonds. The molecule has 0 radical (unpaired) electrons. The van der Waals surface area contributed by atoms with Gasteiger partial charge in [0.05, 0.1) is 6.42 Å². The van der Waals surface area contributed by atoms with Crippen molar-refractivity contribution in [3.63, 3.8) is 0 Å². The normalized spacial score (nSPS) is 12.9. The maximum absolute atomic E-state index is 11.4. The van der Waals surface area contributed by atoms with Crippen molar-refractivity contribution in [2.45, 2.75) is 45.6 Å². The van der Waals surface area contributed by atoms with Crippen LogP contribution in [0.2, 0.25) is 0 Å². The largest absolute Gasteiger partial charge is 0.508 e. The number of carbonyl (C=O) groups excluding carboxylic acids is 2. The highest BCUT2D eigenvalue weighted by Crippen LogP contribution is 2.10. The first-order valence-electron chi connectivity index (χ1n) is 5.69. The third-order valence-electron chi connectivity index (χ3n) is 2.08. The molecule has 0 heterocycles. The molecule has 0 aromatic carbocycles. The second-order valence-corrected chi connectivity index (χ2v) is 3.84. The average molecular weight is 258 g/mol. The number of rotatable bonds is 8. The second kappa shape index (κ2) is 8.27. The van der Waals surface area contributed by atoms with Gasteiger partial charge in [-0.15, -0.1) is 0 Å². The number of hydrogen-bond acceptors (Lipinski definition) is 5. The van der Waals surface area contributed by atoms with Crippen LogP contribution in [0.1, 0.15) is 39.5 Å². The molecule has 0 aliphatic rings. The van der Waals surface area contributed by atoms with Crippen LogP contribution in [0.25, 0.3) is 0 Å². The molecule has 0 unspecified atom stereocenters. The van der Waals surface area contributed by atoms with Gasteiger partial charge in [-0.2, -0.15) is 0 Å². The van der Waals surface area contributed by atoms with Crippen LogP contribution < -0.4 is 0 Å². The summed E-state index contributed by atoms with van der Waals surface area (Å²) in [5.41, 5.74) is 0. The Morgan fingerprint density at radius 1 is 1.28 bits per heavy atom. The summed E-state index contributed by atoms with van der Waals surface area (Å²) in [5, 5.41) is 18.2. The third-order valence-corrected chi connectivity index (χ3v) is 2.08. The molecule has 2 N–H and O–H groups in total. The minimum atomic E-state index is -1.31. The predicted octanol–water partition coefficient (Wildman–Crippen LogP) is 1.59. The van der Waals surface area contributed by atoms with Crippen molar-refractivity contribution in [3.05, 3.63) is 11.8 Å². The molecule has 0 aromatic heterocycles. The predicted molar refractivity (Wildman–Crippen MR) is 63.1 cm³/mol. The molecule has 0 aliphatic heterocycles. The summed E-state index contributed by atoms with van der Waals surface area (Å²) in [5.74, 6) is -2.81. The summed E-state index contributed by atoms with van der Waals surface area (Å²) in [6.45, 7) is 3.02. The van der Waals surface area contributed by atoms with Crippen molar-refractivity contribution in [1.29, 1.82) is 0 Å². The number of ketones is 1. The minimum Gasteiger partial charge on any atom is -0.508 e. The Balaban J connectivity index is 4.65. The summed E-state index contributed by atoms with van der Waals surface area (Å²) in [6.07, 6.45) is 0.809. The number of aliphatic hydroxyl groups excluding tert-OH is 1. The van der Waals surface area contributed by atoms with Crippen molar-refractivity contribution < 1.29 is 29.3 Å². The molecule has 0 aliphatic carbocycles. The van der Waals surface area contributed by atoms with Crippen LogP contribution in [0.4, 0.5) is 0 Å². The molecule has 0 fully saturated rings. The number of hydrogen-bond donors (Lipinski definition) is 2. The number of carboxylic acid groups (broad SMARTS) is 1. The van der Waals surface area contributed by atoms with Gasteiger partial charge in [-0.05, 0) is 6.42 Å². The van der Waals surface area contributed by atoms with Gasteiger partial charge in [0.1, 0.15) is 5.76 Å². The molecule has 0 aromatic rings. The van der Waals surface area contributed by atoms with E-state index >= 15 is 0 Å². The average Bonchev–Trinajstić information content (AvgIpc) is 2.24. The summed E-state index contributed by atoms with van der Waals surface area (Å²) in [7, 11) is 0. The van der Waals surface area contributed by atoms with Gasteiger partial charge in [-0.1, -0.05) is 13.3 Å². The van der Waals surface area contributed by atoms with Crippen molar-refractivity contribution in [3.8, 4) is 0 Å². The summed E-state index contributed by atoms with van der Waals surface area (Å²) >= 11 is 0. The molecular formula is C12H18O6. The fourth-order valence-electron chi connectivity index (χ4n) is 1.25. The van der Waals surface area contributed by atoms with E-state index in [0.29, 0.717) is 6.42 Å². The maximum atomic E-state index is 11.4. The SMILES string of the molecule is CCCCC(=O)/C=C(\O)[C@H](CC(=O)O)OC(C)=O. The van der Waals surface area contributed by atoms with E-state index in [1.807, 2.05) is 6.92 Å². The van der Waals surface area contributed by atoms with E-state index in [-0.39, 0.29) is 12.2 Å². The molecule has 0 spiro atoms. The van der Waals surface area contributed by atoms with Gasteiger partial charge in [-0.3, -0.25) is 14.4 Å². The number of esters is 1. The van der Waals surface area contributed by atoms with Crippen LogP contribution in [-0.2, 0) is 19.1 Å². The van der Waals surface area contributed by atoms with E-state index in [4.69, 9.17) is 5.11 Å². The molecule has 0 bridgehead atoms. The van der Waals surface area contributed by atoms with E-state index in [2.05, 4.69) is 4.74 Å². The van der Waals surface area contributed by atoms with Gasteiger partial charge in [0.2, 0.25) is 0 Å². The molecule has 1 atom stereocenters. The molecule has 6 heteroatoms. The van der Waals surface area contributed by atoms with Crippen molar-refractivity contribution in [1.82, 2.24) is 0 Å². The Hall–Kier alpha value is -1.85. The number of ether oxygens (including phenoxy) is 1. The van der Waals surface area contributed by atoms with Crippen LogP contribution in [0.5, 0.6) is 0 Å². The van der Waals surface area contributed by atoms with E-state index in [9.17, 15) is 19.5 Å². The smallest absolute Gasteiger partial charge is 0.307 e. The van der Waals surface area contributed by atoms with E-state index in [1.165, 1.54) is 0 Å². The van der Waals surface area contributed by atoms with Crippen molar-refractivity contribution >= 4 is 17.7 Å². The van der Waals surface area contributed by atoms with Crippen molar-refractivity contribution in [2.75, 3.05) is 0 Å². The van der Waals surface area contributed by atoms with E-state index < -0.39 is 30.2 Å². The summed E-state index contributed by atoms with van der Waals surface area (Å²) < 4.78 is 4.64. The van der Waals surface area contributed by atoms with Gasteiger partial charge in [-0.25, -0.2) is 0 Å². The number of carboxylic acids is 1. The minimum absolute atomic E-state index is 0.264. The first kappa shape index (κ1) is 16.1. The quantitative estimate of drug-likeness (QED) is 0.389. The first-order chi connectivity index (χ1) is 8.36. The Labute approximate surface area is 105 Å². The topological polar surface area (TPSA) is 101 Å². The van der Waals surface area contributed by atoms with Crippen LogP contribution >= 0.6 is 0 Å². The van der Waals surface area contributed by atoms with Crippen LogP contribution in [-0.4, -0.2) is 34.0 Å². The molecule has 0 rings (SSSR count). The Morgan fingerprint density at radius 3 is 2.33 bits per heavy atom. The number of aliphatic carboxylic acids is 1. The van der Waals surface area contributed by atoms with E-state index in [1.54, 1.807) is 0 Å². The number of unbranched alkanes of at least 4 members (excludes halogenated alkanes) is 1. The van der Waals surface area contributed by atoms with Crippen molar-refractivity contribution in [2.24, 2.45) is 0 Å². The lowest BCUT2D eigenvalue weighted by atomic mass is 10.1. The summed E-state index contributed by atoms with van der Waals surface area (Å²) in [6, 6.07) is 0. The monoisotopic (exact) mass is 258 g/mol. The maximum Gasteiger partial charge on any atom is 0.307 e. The first-order valence-corrected chi connectivity index (χ1v) is 5.69. The molecular weight excluding hydrogens is 240 g/mol. The van der Waals surface area contributed by atoms with Crippen LogP contribution in [0.15, 0.2) is 11.8 Å². The highest BCUT2D eigenvalue weighted by atomic mass is 16.6. The fraction of sp³-hybridized carbons (Fsp3) is 0.583. The lowest BCUT2D eigenvalue weighted by Crippen LogP contribution is -2.23. The molecule has 0 saturated heterocycles. The molecule has 6 nitrogen and oxygen atoms in total. The number of allylic oxidation sites excluding steroid dienone is 1. The zero-order chi connectivity index (χ0) is 14.1. The fourth-order valence-corrected chi connectivity index (χ4v) is 1.25. The Bertz CT molecular complexity index is 328. The van der Waals surface area contributed by atoms with Gasteiger partial charge >= 0.3 is 11.9 Å². The Morgan fingerprint density at radius 2 is 1.89 bits per heavy atom. The molecule has 102 valence electrons. The van der Waals surface area contributed by atoms with Gasteiger partial charge in [0.15, 0.2) is 11.9 Å². The number of aliphatic hydroxyl groups is 1. The highest BCUT2D eigenvalue weighted by molar-refractivity contribution is 5.90. The van der Waals surface area contributed by atoms with Gasteiger partial charge in [0.25, 0.3) is 0 Å². The zero-order valence-corrected chi connectivity index (χ0v) is 10.5. The zero-order valence-electron chi connectivity index (χ0n) is 10.5. The second-order valence-electron chi connectivity index (χ2n) is 3.84. The summed E-state index contributed by atoms with van der Waals surface area (Å²) in [4.78, 5) is 32.7. The molecule has 18 heavy (non-hydrogen) atoms. The standard InChI is InChI=1S/C12H18O6/c1-3-4-5-9(14)6-10(15)11(7-12(16)17)18-8(2)13/h6,11,15H,3-5,7H2,1-2H3,(H,16,17)/b10-6-/t11-/m0/s1.